The third kappa shape index (κ3) is 3.49. The average Bonchev–Trinajstić information content (AvgIpc) is 2.32. The summed E-state index contributed by atoms with van der Waals surface area (Å²) in [6.07, 6.45) is -0.756. The summed E-state index contributed by atoms with van der Waals surface area (Å²) in [6.45, 7) is 4.41. The maximum absolute atomic E-state index is 12.5. The summed E-state index contributed by atoms with van der Waals surface area (Å²) in [5.74, 6) is -1.32. The van der Waals surface area contributed by atoms with Crippen LogP contribution in [0, 0.1) is 5.92 Å². The van der Waals surface area contributed by atoms with Crippen LogP contribution >= 0.6 is 0 Å². The van der Waals surface area contributed by atoms with Crippen LogP contribution in [0.3, 0.4) is 0 Å². The lowest BCUT2D eigenvalue weighted by molar-refractivity contribution is -0.187. The van der Waals surface area contributed by atoms with E-state index in [2.05, 4.69) is 16.8 Å². The maximum atomic E-state index is 12.5. The van der Waals surface area contributed by atoms with Crippen molar-refractivity contribution >= 4 is 5.91 Å². The molecule has 1 saturated carbocycles. The number of rotatable bonds is 3. The summed E-state index contributed by atoms with van der Waals surface area (Å²) in [4.78, 5) is 13.2. The molecule has 0 bridgehead atoms. The molecule has 19 heavy (non-hydrogen) atoms. The molecule has 2 rings (SSSR count). The zero-order valence-corrected chi connectivity index (χ0v) is 10.7. The monoisotopic (exact) mass is 276 g/mol. The normalized spacial score (nSPS) is 29.6. The fourth-order valence-electron chi connectivity index (χ4n) is 2.86. The van der Waals surface area contributed by atoms with Gasteiger partial charge in [0.1, 0.15) is 0 Å². The summed E-state index contributed by atoms with van der Waals surface area (Å²) in [7, 11) is 0. The highest BCUT2D eigenvalue weighted by molar-refractivity contribution is 5.87. The Hall–Kier alpha value is -1.04. The minimum atomic E-state index is -4.05. The molecule has 108 valence electrons. The fraction of sp³-hybridized carbons (Fsp3) is 0.769. The van der Waals surface area contributed by atoms with Crippen LogP contribution in [0.25, 0.3) is 0 Å². The largest absolute Gasteiger partial charge is 0.391 e. The molecule has 0 aromatic carbocycles. The van der Waals surface area contributed by atoms with Crippen LogP contribution in [0.4, 0.5) is 13.2 Å². The summed E-state index contributed by atoms with van der Waals surface area (Å²) in [6, 6.07) is 0.472. The maximum Gasteiger partial charge on any atom is 0.391 e. The molecule has 0 unspecified atom stereocenters. The van der Waals surface area contributed by atoms with Crippen molar-refractivity contribution in [1.29, 1.82) is 0 Å². The molecule has 0 spiro atoms. The zero-order valence-electron chi connectivity index (χ0n) is 10.7. The molecule has 0 atom stereocenters. The number of carbonyl (C=O) groups excluding carboxylic acids is 1. The first kappa shape index (κ1) is 14.4. The third-order valence-corrected chi connectivity index (χ3v) is 4.15. The first-order chi connectivity index (χ1) is 8.90. The third-order valence-electron chi connectivity index (χ3n) is 4.15. The van der Waals surface area contributed by atoms with Crippen LogP contribution in [-0.4, -0.2) is 42.2 Å². The Morgan fingerprint density at radius 3 is 2.32 bits per heavy atom. The number of nitrogens with one attached hydrogen (secondary N) is 1. The van der Waals surface area contributed by atoms with Crippen LogP contribution in [0.2, 0.25) is 0 Å². The molecule has 1 aliphatic heterocycles. The Morgan fingerprint density at radius 1 is 1.26 bits per heavy atom. The lowest BCUT2D eigenvalue weighted by atomic mass is 9.83. The Labute approximate surface area is 110 Å². The van der Waals surface area contributed by atoms with E-state index in [4.69, 9.17) is 0 Å². The number of hydrogen-bond donors (Lipinski definition) is 1. The Balaban J connectivity index is 1.70. The number of halogens is 3. The van der Waals surface area contributed by atoms with Crippen LogP contribution in [0.1, 0.15) is 25.7 Å². The molecule has 1 heterocycles. The topological polar surface area (TPSA) is 32.3 Å². The van der Waals surface area contributed by atoms with E-state index in [9.17, 15) is 18.0 Å². The number of piperidine rings is 1. The van der Waals surface area contributed by atoms with Gasteiger partial charge in [0.25, 0.3) is 0 Å². The summed E-state index contributed by atoms with van der Waals surface area (Å²) in [5, 5.41) is 2.80. The minimum absolute atomic E-state index is 0.149. The Bertz CT molecular complexity index is 342. The van der Waals surface area contributed by atoms with Gasteiger partial charge in [0.05, 0.1) is 5.92 Å². The van der Waals surface area contributed by atoms with Crippen molar-refractivity contribution in [3.8, 4) is 0 Å². The SMILES string of the molecule is C=CC(=O)NC1CC(N2CCC(C(F)(F)F)CC2)C1. The average molecular weight is 276 g/mol. The molecule has 1 aliphatic carbocycles. The van der Waals surface area contributed by atoms with Crippen LogP contribution in [-0.2, 0) is 4.79 Å². The Kier molecular flexibility index (Phi) is 4.18. The van der Waals surface area contributed by atoms with Crippen molar-refractivity contribution in [2.45, 2.75) is 43.9 Å². The highest BCUT2D eigenvalue weighted by Crippen LogP contribution is 2.36. The van der Waals surface area contributed by atoms with E-state index < -0.39 is 12.1 Å². The number of hydrogen-bond acceptors (Lipinski definition) is 2. The highest BCUT2D eigenvalue weighted by Gasteiger charge is 2.43. The van der Waals surface area contributed by atoms with Gasteiger partial charge in [-0.2, -0.15) is 13.2 Å². The Morgan fingerprint density at radius 2 is 1.84 bits per heavy atom. The number of likely N-dealkylation sites (tertiary alicyclic amines) is 1. The first-order valence-corrected chi connectivity index (χ1v) is 6.64. The molecule has 2 fully saturated rings. The van der Waals surface area contributed by atoms with E-state index in [1.807, 2.05) is 0 Å². The molecule has 0 aromatic rings. The van der Waals surface area contributed by atoms with Gasteiger partial charge in [-0.3, -0.25) is 4.79 Å². The fourth-order valence-corrected chi connectivity index (χ4v) is 2.86. The predicted octanol–water partition coefficient (Wildman–Crippen LogP) is 2.09. The van der Waals surface area contributed by atoms with Crippen molar-refractivity contribution in [2.24, 2.45) is 5.92 Å². The van der Waals surface area contributed by atoms with Crippen LogP contribution in [0.15, 0.2) is 12.7 Å². The molecule has 1 N–H and O–H groups in total. The molecular formula is C13H19F3N2O. The molecule has 0 aromatic heterocycles. The second-order valence-electron chi connectivity index (χ2n) is 5.39. The number of nitrogens with zero attached hydrogens (tertiary/aromatic N) is 1. The van der Waals surface area contributed by atoms with Gasteiger partial charge in [-0.15, -0.1) is 0 Å². The number of carbonyl (C=O) groups is 1. The van der Waals surface area contributed by atoms with Gasteiger partial charge in [-0.1, -0.05) is 6.58 Å². The zero-order chi connectivity index (χ0) is 14.0. The van der Waals surface area contributed by atoms with E-state index in [1.54, 1.807) is 0 Å². The van der Waals surface area contributed by atoms with Crippen molar-refractivity contribution in [3.63, 3.8) is 0 Å². The number of amides is 1. The second-order valence-corrected chi connectivity index (χ2v) is 5.39. The van der Waals surface area contributed by atoms with E-state index in [0.717, 1.165) is 12.8 Å². The summed E-state index contributed by atoms with van der Waals surface area (Å²) < 4.78 is 37.6. The van der Waals surface area contributed by atoms with Crippen molar-refractivity contribution < 1.29 is 18.0 Å². The molecule has 0 radical (unpaired) electrons. The van der Waals surface area contributed by atoms with E-state index in [0.29, 0.717) is 19.1 Å². The second kappa shape index (κ2) is 5.53. The van der Waals surface area contributed by atoms with Crippen LogP contribution < -0.4 is 5.32 Å². The van der Waals surface area contributed by atoms with Gasteiger partial charge < -0.3 is 10.2 Å². The standard InChI is InChI=1S/C13H19F3N2O/c1-2-12(19)17-10-7-11(8-10)18-5-3-9(4-6-18)13(14,15)16/h2,9-11H,1,3-8H2,(H,17,19). The van der Waals surface area contributed by atoms with E-state index >= 15 is 0 Å². The highest BCUT2D eigenvalue weighted by atomic mass is 19.4. The van der Waals surface area contributed by atoms with Gasteiger partial charge >= 0.3 is 6.18 Å². The molecule has 6 heteroatoms. The van der Waals surface area contributed by atoms with Crippen molar-refractivity contribution in [1.82, 2.24) is 10.2 Å². The first-order valence-electron chi connectivity index (χ1n) is 6.64. The van der Waals surface area contributed by atoms with Gasteiger partial charge in [-0.05, 0) is 44.8 Å². The van der Waals surface area contributed by atoms with Crippen molar-refractivity contribution in [2.75, 3.05) is 13.1 Å². The lowest BCUT2D eigenvalue weighted by Crippen LogP contribution is -2.55. The molecule has 3 nitrogen and oxygen atoms in total. The number of alkyl halides is 3. The van der Waals surface area contributed by atoms with E-state index in [-0.39, 0.29) is 24.8 Å². The molecule has 1 amide bonds. The van der Waals surface area contributed by atoms with Gasteiger partial charge in [0, 0.05) is 12.1 Å². The molecule has 2 aliphatic rings. The smallest absolute Gasteiger partial charge is 0.350 e. The van der Waals surface area contributed by atoms with Crippen LogP contribution in [0.5, 0.6) is 0 Å². The van der Waals surface area contributed by atoms with E-state index in [1.165, 1.54) is 6.08 Å². The van der Waals surface area contributed by atoms with Gasteiger partial charge in [-0.25, -0.2) is 0 Å². The summed E-state index contributed by atoms with van der Waals surface area (Å²) in [5.41, 5.74) is 0. The van der Waals surface area contributed by atoms with Crippen molar-refractivity contribution in [3.05, 3.63) is 12.7 Å². The van der Waals surface area contributed by atoms with Gasteiger partial charge in [0.15, 0.2) is 0 Å². The molecule has 1 saturated heterocycles. The minimum Gasteiger partial charge on any atom is -0.350 e. The predicted molar refractivity (Wildman–Crippen MR) is 65.5 cm³/mol. The summed E-state index contributed by atoms with van der Waals surface area (Å²) >= 11 is 0. The quantitative estimate of drug-likeness (QED) is 0.801. The lowest BCUT2D eigenvalue weighted by Gasteiger charge is -2.45. The molecular weight excluding hydrogens is 257 g/mol. The van der Waals surface area contributed by atoms with Gasteiger partial charge in [0.2, 0.25) is 5.91 Å².